The van der Waals surface area contributed by atoms with Gasteiger partial charge >= 0.3 is 0 Å². The van der Waals surface area contributed by atoms with Gasteiger partial charge in [-0.2, -0.15) is 0 Å². The zero-order chi connectivity index (χ0) is 12.7. The number of nitrogens with one attached hydrogen (secondary N) is 1. The molecule has 0 aliphatic carbocycles. The molecule has 0 radical (unpaired) electrons. The summed E-state index contributed by atoms with van der Waals surface area (Å²) in [4.78, 5) is 4.25. The molecule has 98 valence electrons. The third-order valence-corrected chi connectivity index (χ3v) is 3.51. The van der Waals surface area contributed by atoms with Gasteiger partial charge < -0.3 is 24.8 Å². The third-order valence-electron chi connectivity index (χ3n) is 3.51. The number of aliphatic hydroxyl groups is 2. The minimum absolute atomic E-state index is 0.175. The molecule has 1 saturated heterocycles. The number of hydrogen-bond donors (Lipinski definition) is 3. The van der Waals surface area contributed by atoms with E-state index < -0.39 is 12.2 Å². The first-order valence-electron chi connectivity index (χ1n) is 6.15. The van der Waals surface area contributed by atoms with Gasteiger partial charge in [0.25, 0.3) is 0 Å². The van der Waals surface area contributed by atoms with Crippen molar-refractivity contribution in [1.29, 1.82) is 0 Å². The van der Waals surface area contributed by atoms with Gasteiger partial charge in [-0.05, 0) is 19.2 Å². The maximum atomic E-state index is 9.93. The number of imidazole rings is 1. The smallest absolute Gasteiger partial charge is 0.138 e. The Morgan fingerprint density at radius 1 is 1.50 bits per heavy atom. The molecule has 4 atom stereocenters. The number of aliphatic hydroxyl groups excluding tert-OH is 2. The number of nitrogens with zero attached hydrogens (tertiary/aromatic N) is 2. The van der Waals surface area contributed by atoms with Crippen molar-refractivity contribution in [2.45, 2.75) is 37.9 Å². The van der Waals surface area contributed by atoms with E-state index in [0.717, 1.165) is 5.69 Å². The fourth-order valence-corrected chi connectivity index (χ4v) is 2.43. The molecule has 18 heavy (non-hydrogen) atoms. The highest BCUT2D eigenvalue weighted by Crippen LogP contribution is 2.32. The number of hydrogen-bond acceptors (Lipinski definition) is 5. The van der Waals surface area contributed by atoms with E-state index in [0.29, 0.717) is 18.7 Å². The zero-order valence-electron chi connectivity index (χ0n) is 10.2. The van der Waals surface area contributed by atoms with Crippen LogP contribution >= 0.6 is 0 Å². The van der Waals surface area contributed by atoms with Gasteiger partial charge in [0.05, 0.1) is 29.9 Å². The summed E-state index contributed by atoms with van der Waals surface area (Å²) < 4.78 is 7.57. The van der Waals surface area contributed by atoms with Crippen LogP contribution in [-0.4, -0.2) is 38.5 Å². The lowest BCUT2D eigenvalue weighted by Gasteiger charge is -2.14. The van der Waals surface area contributed by atoms with Gasteiger partial charge in [-0.1, -0.05) is 0 Å². The summed E-state index contributed by atoms with van der Waals surface area (Å²) in [6.45, 7) is 2.30. The normalized spacial score (nSPS) is 35.1. The van der Waals surface area contributed by atoms with Crippen LogP contribution < -0.4 is 5.32 Å². The van der Waals surface area contributed by atoms with Crippen molar-refractivity contribution >= 4 is 6.08 Å². The predicted molar refractivity (Wildman–Crippen MR) is 64.4 cm³/mol. The van der Waals surface area contributed by atoms with Crippen LogP contribution in [0.5, 0.6) is 0 Å². The molecule has 1 aromatic rings. The van der Waals surface area contributed by atoms with Crippen molar-refractivity contribution in [3.8, 4) is 0 Å². The summed E-state index contributed by atoms with van der Waals surface area (Å²) >= 11 is 0. The number of rotatable bonds is 1. The number of β-amino-alcohol motifs (C(OH)–C–C–N with tert-alkyl or cyclic N) is 1. The van der Waals surface area contributed by atoms with Crippen LogP contribution in [0.25, 0.3) is 6.08 Å². The maximum absolute atomic E-state index is 9.93. The Morgan fingerprint density at radius 2 is 2.33 bits per heavy atom. The first kappa shape index (κ1) is 11.7. The molecule has 3 rings (SSSR count). The molecule has 1 aromatic heterocycles. The first-order chi connectivity index (χ1) is 8.66. The van der Waals surface area contributed by atoms with Crippen LogP contribution in [0.15, 0.2) is 12.5 Å². The Morgan fingerprint density at radius 3 is 3.06 bits per heavy atom. The average Bonchev–Trinajstić information content (AvgIpc) is 2.84. The van der Waals surface area contributed by atoms with Crippen molar-refractivity contribution in [3.05, 3.63) is 23.9 Å². The summed E-state index contributed by atoms with van der Waals surface area (Å²) in [6, 6.07) is 0. The lowest BCUT2D eigenvalue weighted by Crippen LogP contribution is -2.15. The lowest BCUT2D eigenvalue weighted by atomic mass is 10.2. The van der Waals surface area contributed by atoms with Crippen LogP contribution in [0.1, 0.15) is 37.1 Å². The molecule has 0 bridgehead atoms. The summed E-state index contributed by atoms with van der Waals surface area (Å²) in [5, 5.41) is 22.7. The van der Waals surface area contributed by atoms with Crippen LogP contribution in [-0.2, 0) is 4.74 Å². The number of fused-ring (bicyclic) bond motifs is 1. The van der Waals surface area contributed by atoms with Gasteiger partial charge in [0.15, 0.2) is 0 Å². The van der Waals surface area contributed by atoms with Gasteiger partial charge in [0.2, 0.25) is 0 Å². The third kappa shape index (κ3) is 1.82. The quantitative estimate of drug-likeness (QED) is 0.662. The first-order valence-corrected chi connectivity index (χ1v) is 6.15. The highest BCUT2D eigenvalue weighted by molar-refractivity contribution is 5.50. The molecule has 0 amide bonds. The maximum Gasteiger partial charge on any atom is 0.138 e. The molecule has 3 N–H and O–H groups in total. The van der Waals surface area contributed by atoms with Crippen LogP contribution in [0.4, 0.5) is 0 Å². The molecule has 2 aliphatic heterocycles. The van der Waals surface area contributed by atoms with E-state index in [4.69, 9.17) is 4.74 Å². The second-order valence-corrected chi connectivity index (χ2v) is 4.78. The van der Waals surface area contributed by atoms with Gasteiger partial charge in [-0.15, -0.1) is 0 Å². The highest BCUT2D eigenvalue weighted by Gasteiger charge is 2.33. The molecule has 0 unspecified atom stereocenters. The second-order valence-electron chi connectivity index (χ2n) is 4.78. The molecule has 0 aromatic carbocycles. The molecule has 2 aliphatic rings. The summed E-state index contributed by atoms with van der Waals surface area (Å²) in [7, 11) is 0. The Kier molecular flexibility index (Phi) is 2.85. The van der Waals surface area contributed by atoms with E-state index >= 15 is 0 Å². The Bertz CT molecular complexity index is 461. The standard InChI is InChI=1S/C12H17N3O3/c1-7-9(16)4-11(18-7)15-6-14-12-8(15)2-3-13-5-10(12)17/h2-3,6-7,9-11,13,16-17H,4-5H2,1H3/t7-,9+,10-,11-/m1/s1. The highest BCUT2D eigenvalue weighted by atomic mass is 16.5. The van der Waals surface area contributed by atoms with Crippen molar-refractivity contribution < 1.29 is 14.9 Å². The molecule has 0 spiro atoms. The van der Waals surface area contributed by atoms with Crippen LogP contribution in [0, 0.1) is 0 Å². The minimum atomic E-state index is -0.625. The van der Waals surface area contributed by atoms with Crippen molar-refractivity contribution in [2.24, 2.45) is 0 Å². The molecule has 6 heteroatoms. The minimum Gasteiger partial charge on any atom is -0.390 e. The van der Waals surface area contributed by atoms with E-state index in [1.54, 1.807) is 12.5 Å². The number of aromatic nitrogens is 2. The van der Waals surface area contributed by atoms with Crippen molar-refractivity contribution in [3.63, 3.8) is 0 Å². The number of ether oxygens (including phenoxy) is 1. The lowest BCUT2D eigenvalue weighted by molar-refractivity contribution is -0.00825. The Labute approximate surface area is 105 Å². The van der Waals surface area contributed by atoms with E-state index in [1.165, 1.54) is 0 Å². The fourth-order valence-electron chi connectivity index (χ4n) is 2.43. The molecular formula is C12H17N3O3. The predicted octanol–water partition coefficient (Wildman–Crippen LogP) is 0.159. The summed E-state index contributed by atoms with van der Waals surface area (Å²) in [6.07, 6.45) is 4.40. The topological polar surface area (TPSA) is 79.5 Å². The second kappa shape index (κ2) is 4.38. The van der Waals surface area contributed by atoms with E-state index in [-0.39, 0.29) is 12.3 Å². The molecule has 6 nitrogen and oxygen atoms in total. The van der Waals surface area contributed by atoms with E-state index in [1.807, 2.05) is 17.6 Å². The summed E-state index contributed by atoms with van der Waals surface area (Å²) in [5.74, 6) is 0. The Hall–Kier alpha value is -1.37. The van der Waals surface area contributed by atoms with Crippen molar-refractivity contribution in [2.75, 3.05) is 6.54 Å². The van der Waals surface area contributed by atoms with E-state index in [9.17, 15) is 10.2 Å². The van der Waals surface area contributed by atoms with Gasteiger partial charge in [0, 0.05) is 13.0 Å². The van der Waals surface area contributed by atoms with Crippen molar-refractivity contribution in [1.82, 2.24) is 14.9 Å². The average molecular weight is 251 g/mol. The van der Waals surface area contributed by atoms with Crippen LogP contribution in [0.2, 0.25) is 0 Å². The van der Waals surface area contributed by atoms with Gasteiger partial charge in [-0.3, -0.25) is 0 Å². The van der Waals surface area contributed by atoms with Gasteiger partial charge in [0.1, 0.15) is 12.3 Å². The van der Waals surface area contributed by atoms with E-state index in [2.05, 4.69) is 10.3 Å². The van der Waals surface area contributed by atoms with Gasteiger partial charge in [-0.25, -0.2) is 4.98 Å². The molecule has 0 saturated carbocycles. The monoisotopic (exact) mass is 251 g/mol. The summed E-state index contributed by atoms with van der Waals surface area (Å²) in [5.41, 5.74) is 1.48. The van der Waals surface area contributed by atoms with Crippen LogP contribution in [0.3, 0.4) is 0 Å². The largest absolute Gasteiger partial charge is 0.390 e. The zero-order valence-corrected chi connectivity index (χ0v) is 10.2. The Balaban J connectivity index is 1.94. The molecular weight excluding hydrogens is 234 g/mol. The fraction of sp³-hybridized carbons (Fsp3) is 0.583. The molecule has 1 fully saturated rings. The molecule has 3 heterocycles. The SMILES string of the molecule is C[C@H]1O[C@@H](n2cnc3c2C=CNC[C@H]3O)C[C@@H]1O.